The average molecular weight is 275 g/mol. The van der Waals surface area contributed by atoms with Crippen LogP contribution in [0, 0.1) is 11.8 Å². The van der Waals surface area contributed by atoms with Crippen molar-refractivity contribution in [2.45, 2.75) is 51.9 Å². The molecule has 18 heavy (non-hydrogen) atoms. The van der Waals surface area contributed by atoms with Crippen LogP contribution < -0.4 is 5.32 Å². The van der Waals surface area contributed by atoms with Gasteiger partial charge in [0.25, 0.3) is 0 Å². The zero-order valence-electron chi connectivity index (χ0n) is 12.0. The molecule has 0 aliphatic heterocycles. The van der Waals surface area contributed by atoms with Gasteiger partial charge in [0.1, 0.15) is 9.84 Å². The summed E-state index contributed by atoms with van der Waals surface area (Å²) in [6.07, 6.45) is 9.81. The first-order valence-corrected chi connectivity index (χ1v) is 9.47. The van der Waals surface area contributed by atoms with Crippen LogP contribution in [0.4, 0.5) is 0 Å². The summed E-state index contributed by atoms with van der Waals surface area (Å²) >= 11 is 0. The summed E-state index contributed by atoms with van der Waals surface area (Å²) in [5.41, 5.74) is 0. The topological polar surface area (TPSA) is 46.2 Å². The second-order valence-corrected chi connectivity index (χ2v) is 8.04. The standard InChI is InChI=1S/C14H29NO2S/c1-3-10-15-12-14(13-7-4-5-8-13)9-6-11-18(2,16)17/h13-15H,3-12H2,1-2H3. The van der Waals surface area contributed by atoms with Crippen molar-refractivity contribution in [1.29, 1.82) is 0 Å². The van der Waals surface area contributed by atoms with E-state index in [0.717, 1.165) is 31.8 Å². The van der Waals surface area contributed by atoms with Crippen LogP contribution >= 0.6 is 0 Å². The number of nitrogens with one attached hydrogen (secondary N) is 1. The van der Waals surface area contributed by atoms with E-state index in [2.05, 4.69) is 12.2 Å². The summed E-state index contributed by atoms with van der Waals surface area (Å²) < 4.78 is 22.4. The van der Waals surface area contributed by atoms with E-state index in [9.17, 15) is 8.42 Å². The molecule has 0 aromatic carbocycles. The third-order valence-corrected chi connectivity index (χ3v) is 5.02. The quantitative estimate of drug-likeness (QED) is 0.658. The molecule has 3 nitrogen and oxygen atoms in total. The molecule has 108 valence electrons. The second kappa shape index (κ2) is 8.16. The maximum absolute atomic E-state index is 11.2. The fraction of sp³-hybridized carbons (Fsp3) is 1.00. The highest BCUT2D eigenvalue weighted by molar-refractivity contribution is 7.90. The van der Waals surface area contributed by atoms with Gasteiger partial charge in [0, 0.05) is 12.0 Å². The molecule has 0 spiro atoms. The van der Waals surface area contributed by atoms with Gasteiger partial charge in [-0.2, -0.15) is 0 Å². The van der Waals surface area contributed by atoms with Crippen LogP contribution in [0.2, 0.25) is 0 Å². The molecule has 4 heteroatoms. The minimum absolute atomic E-state index is 0.351. The molecule has 1 unspecified atom stereocenters. The van der Waals surface area contributed by atoms with E-state index in [4.69, 9.17) is 0 Å². The Bertz CT molecular complexity index is 308. The smallest absolute Gasteiger partial charge is 0.147 e. The minimum Gasteiger partial charge on any atom is -0.316 e. The summed E-state index contributed by atoms with van der Waals surface area (Å²) in [6, 6.07) is 0. The Morgan fingerprint density at radius 1 is 1.28 bits per heavy atom. The number of hydrogen-bond acceptors (Lipinski definition) is 3. The lowest BCUT2D eigenvalue weighted by molar-refractivity contribution is 0.303. The van der Waals surface area contributed by atoms with E-state index in [1.165, 1.54) is 38.4 Å². The van der Waals surface area contributed by atoms with E-state index in [0.29, 0.717) is 11.7 Å². The molecular weight excluding hydrogens is 246 g/mol. The van der Waals surface area contributed by atoms with Crippen LogP contribution in [0.5, 0.6) is 0 Å². The van der Waals surface area contributed by atoms with Gasteiger partial charge in [0.2, 0.25) is 0 Å². The molecule has 1 rings (SSSR count). The van der Waals surface area contributed by atoms with Gasteiger partial charge >= 0.3 is 0 Å². The van der Waals surface area contributed by atoms with Gasteiger partial charge in [-0.15, -0.1) is 0 Å². The Hall–Kier alpha value is -0.0900. The van der Waals surface area contributed by atoms with E-state index >= 15 is 0 Å². The molecule has 0 heterocycles. The van der Waals surface area contributed by atoms with Gasteiger partial charge < -0.3 is 5.32 Å². The Balaban J connectivity index is 2.33. The summed E-state index contributed by atoms with van der Waals surface area (Å²) in [6.45, 7) is 4.33. The molecule has 0 saturated heterocycles. The first-order valence-electron chi connectivity index (χ1n) is 7.41. The van der Waals surface area contributed by atoms with Crippen molar-refractivity contribution < 1.29 is 8.42 Å². The van der Waals surface area contributed by atoms with Gasteiger partial charge in [-0.25, -0.2) is 8.42 Å². The van der Waals surface area contributed by atoms with Crippen molar-refractivity contribution in [2.24, 2.45) is 11.8 Å². The number of rotatable bonds is 9. The Kier molecular flexibility index (Phi) is 7.23. The van der Waals surface area contributed by atoms with E-state index in [1.807, 2.05) is 0 Å². The lowest BCUT2D eigenvalue weighted by Crippen LogP contribution is -2.28. The zero-order valence-corrected chi connectivity index (χ0v) is 12.8. The third-order valence-electron chi connectivity index (χ3n) is 3.99. The van der Waals surface area contributed by atoms with Gasteiger partial charge in [0.05, 0.1) is 0 Å². The molecule has 0 radical (unpaired) electrons. The van der Waals surface area contributed by atoms with Crippen molar-refractivity contribution in [3.05, 3.63) is 0 Å². The maximum Gasteiger partial charge on any atom is 0.147 e. The molecule has 0 amide bonds. The molecule has 1 aliphatic rings. The normalized spacial score (nSPS) is 19.2. The molecule has 1 saturated carbocycles. The Morgan fingerprint density at radius 3 is 2.50 bits per heavy atom. The largest absolute Gasteiger partial charge is 0.316 e. The van der Waals surface area contributed by atoms with Gasteiger partial charge in [-0.1, -0.05) is 32.6 Å². The van der Waals surface area contributed by atoms with Crippen molar-refractivity contribution in [3.8, 4) is 0 Å². The highest BCUT2D eigenvalue weighted by Gasteiger charge is 2.24. The summed E-state index contributed by atoms with van der Waals surface area (Å²) in [7, 11) is -2.79. The molecule has 1 atom stereocenters. The van der Waals surface area contributed by atoms with Crippen LogP contribution in [0.25, 0.3) is 0 Å². The molecule has 1 fully saturated rings. The van der Waals surface area contributed by atoms with Gasteiger partial charge in [0.15, 0.2) is 0 Å². The number of sulfone groups is 1. The van der Waals surface area contributed by atoms with Crippen LogP contribution in [-0.4, -0.2) is 33.5 Å². The first kappa shape index (κ1) is 16.0. The fourth-order valence-corrected chi connectivity index (χ4v) is 3.70. The van der Waals surface area contributed by atoms with Crippen molar-refractivity contribution in [1.82, 2.24) is 5.32 Å². The van der Waals surface area contributed by atoms with Crippen LogP contribution in [0.15, 0.2) is 0 Å². The predicted octanol–water partition coefficient (Wildman–Crippen LogP) is 2.62. The SMILES string of the molecule is CCCNCC(CCCS(C)(=O)=O)C1CCCC1. The van der Waals surface area contributed by atoms with E-state index < -0.39 is 9.84 Å². The predicted molar refractivity (Wildman–Crippen MR) is 77.6 cm³/mol. The monoisotopic (exact) mass is 275 g/mol. The molecule has 1 aliphatic carbocycles. The van der Waals surface area contributed by atoms with Crippen molar-refractivity contribution in [3.63, 3.8) is 0 Å². The lowest BCUT2D eigenvalue weighted by Gasteiger charge is -2.23. The van der Waals surface area contributed by atoms with Crippen LogP contribution in [0.3, 0.4) is 0 Å². The summed E-state index contributed by atoms with van der Waals surface area (Å²) in [5, 5.41) is 3.51. The Morgan fingerprint density at radius 2 is 1.94 bits per heavy atom. The highest BCUT2D eigenvalue weighted by atomic mass is 32.2. The number of hydrogen-bond donors (Lipinski definition) is 1. The van der Waals surface area contributed by atoms with Gasteiger partial charge in [-0.05, 0) is 44.2 Å². The molecular formula is C14H29NO2S. The molecule has 0 aromatic rings. The van der Waals surface area contributed by atoms with Crippen molar-refractivity contribution in [2.75, 3.05) is 25.1 Å². The molecule has 0 aromatic heterocycles. The third kappa shape index (κ3) is 6.74. The minimum atomic E-state index is -2.79. The molecule has 0 bridgehead atoms. The molecule has 1 N–H and O–H groups in total. The fourth-order valence-electron chi connectivity index (χ4n) is 3.01. The zero-order chi connectivity index (χ0) is 13.4. The summed E-state index contributed by atoms with van der Waals surface area (Å²) in [5.74, 6) is 1.86. The lowest BCUT2D eigenvalue weighted by atomic mass is 9.87. The highest BCUT2D eigenvalue weighted by Crippen LogP contribution is 2.33. The first-order chi connectivity index (χ1) is 8.53. The summed E-state index contributed by atoms with van der Waals surface area (Å²) in [4.78, 5) is 0. The van der Waals surface area contributed by atoms with Crippen molar-refractivity contribution >= 4 is 9.84 Å². The van der Waals surface area contributed by atoms with E-state index in [1.54, 1.807) is 0 Å². The van der Waals surface area contributed by atoms with E-state index in [-0.39, 0.29) is 0 Å². The second-order valence-electron chi connectivity index (χ2n) is 5.78. The Labute approximate surface area is 113 Å². The maximum atomic E-state index is 11.2. The average Bonchev–Trinajstić information content (AvgIpc) is 2.79. The van der Waals surface area contributed by atoms with Crippen LogP contribution in [-0.2, 0) is 9.84 Å². The van der Waals surface area contributed by atoms with Gasteiger partial charge in [-0.3, -0.25) is 0 Å². The van der Waals surface area contributed by atoms with Crippen LogP contribution in [0.1, 0.15) is 51.9 Å².